The number of carboxylic acid groups (broad SMARTS) is 1. The van der Waals surface area contributed by atoms with Crippen molar-refractivity contribution in [2.24, 2.45) is 5.92 Å². The molecule has 0 bridgehead atoms. The third-order valence-corrected chi connectivity index (χ3v) is 6.04. The second-order valence-corrected chi connectivity index (χ2v) is 8.63. The van der Waals surface area contributed by atoms with E-state index in [1.54, 1.807) is 42.5 Å². The smallest absolute Gasteiger partial charge is 0.306 e. The number of carbonyl (C=O) groups excluding carboxylic acids is 2. The summed E-state index contributed by atoms with van der Waals surface area (Å²) in [4.78, 5) is 35.7. The van der Waals surface area contributed by atoms with Crippen LogP contribution in [0.1, 0.15) is 64.8 Å². The van der Waals surface area contributed by atoms with Crippen LogP contribution in [0.15, 0.2) is 42.5 Å². The molecule has 0 heterocycles. The molecule has 2 N–H and O–H groups in total. The molecule has 170 valence electrons. The highest BCUT2D eigenvalue weighted by atomic mass is 35.5. The third kappa shape index (κ3) is 6.57. The van der Waals surface area contributed by atoms with Crippen molar-refractivity contribution in [1.82, 2.24) is 5.32 Å². The quantitative estimate of drug-likeness (QED) is 0.405. The number of carbonyl (C=O) groups is 3. The second kappa shape index (κ2) is 11.1. The molecule has 1 amide bonds. The van der Waals surface area contributed by atoms with Gasteiger partial charge in [0.05, 0.1) is 12.0 Å². The molecule has 32 heavy (non-hydrogen) atoms. The summed E-state index contributed by atoms with van der Waals surface area (Å²) in [6.45, 7) is 2.24. The van der Waals surface area contributed by atoms with E-state index in [-0.39, 0.29) is 23.7 Å². The Labute approximate surface area is 192 Å². The molecule has 2 aromatic carbocycles. The molecule has 7 heteroatoms. The van der Waals surface area contributed by atoms with Gasteiger partial charge in [-0.1, -0.05) is 11.6 Å². The number of nitrogens with one attached hydrogen (secondary N) is 1. The number of hydrogen-bond donors (Lipinski definition) is 2. The first kappa shape index (κ1) is 23.8. The highest BCUT2D eigenvalue weighted by molar-refractivity contribution is 6.30. The molecule has 0 unspecified atom stereocenters. The number of ketones is 1. The largest absolute Gasteiger partial charge is 0.490 e. The normalized spacial score (nSPS) is 18.1. The van der Waals surface area contributed by atoms with Gasteiger partial charge in [-0.05, 0) is 87.1 Å². The number of ether oxygens (including phenoxy) is 1. The molecule has 0 aliphatic heterocycles. The second-order valence-electron chi connectivity index (χ2n) is 8.20. The van der Waals surface area contributed by atoms with E-state index < -0.39 is 5.97 Å². The Morgan fingerprint density at radius 2 is 1.75 bits per heavy atom. The van der Waals surface area contributed by atoms with E-state index >= 15 is 0 Å². The van der Waals surface area contributed by atoms with Gasteiger partial charge in [0, 0.05) is 29.1 Å². The summed E-state index contributed by atoms with van der Waals surface area (Å²) in [6.07, 6.45) is 3.59. The maximum absolute atomic E-state index is 12.4. The van der Waals surface area contributed by atoms with Crippen LogP contribution in [0, 0.1) is 12.8 Å². The predicted octanol–water partition coefficient (Wildman–Crippen LogP) is 5.06. The molecule has 1 saturated carbocycles. The number of aliphatic carboxylic acids is 1. The molecule has 6 nitrogen and oxygen atoms in total. The zero-order valence-corrected chi connectivity index (χ0v) is 18.9. The number of Topliss-reactive ketones (excluding diaryl/α,β-unsaturated/α-hetero) is 1. The molecule has 1 aliphatic carbocycles. The highest BCUT2D eigenvalue weighted by Crippen LogP contribution is 2.28. The molecule has 0 aromatic heterocycles. The fraction of sp³-hybridized carbons (Fsp3) is 0.400. The van der Waals surface area contributed by atoms with Crippen LogP contribution in [0.4, 0.5) is 0 Å². The van der Waals surface area contributed by atoms with E-state index in [0.717, 1.165) is 18.4 Å². The molecule has 3 rings (SSSR count). The van der Waals surface area contributed by atoms with E-state index in [2.05, 4.69) is 5.32 Å². The summed E-state index contributed by atoms with van der Waals surface area (Å²) in [7, 11) is 0. The van der Waals surface area contributed by atoms with Crippen molar-refractivity contribution >= 4 is 29.3 Å². The van der Waals surface area contributed by atoms with Crippen LogP contribution in [0.5, 0.6) is 5.75 Å². The fourth-order valence-corrected chi connectivity index (χ4v) is 4.14. The summed E-state index contributed by atoms with van der Waals surface area (Å²) in [5.41, 5.74) is 1.99. The van der Waals surface area contributed by atoms with Gasteiger partial charge >= 0.3 is 5.97 Å². The molecule has 0 saturated heterocycles. The Balaban J connectivity index is 1.40. The maximum Gasteiger partial charge on any atom is 0.306 e. The van der Waals surface area contributed by atoms with Crippen LogP contribution in [0.25, 0.3) is 0 Å². The SMILES string of the molecule is Cc1cc(Cl)ccc1C(=O)NCCCC(=O)c1ccc(OC2CCC(C(=O)O)CC2)cc1. The molecule has 0 radical (unpaired) electrons. The van der Waals surface area contributed by atoms with Crippen LogP contribution in [-0.4, -0.2) is 35.4 Å². The molecular formula is C25H28ClNO5. The Kier molecular flexibility index (Phi) is 8.28. The van der Waals surface area contributed by atoms with Gasteiger partial charge < -0.3 is 15.2 Å². The van der Waals surface area contributed by atoms with Crippen molar-refractivity contribution < 1.29 is 24.2 Å². The number of hydrogen-bond acceptors (Lipinski definition) is 4. The first-order chi connectivity index (χ1) is 15.3. The number of rotatable bonds is 9. The van der Waals surface area contributed by atoms with Crippen molar-refractivity contribution in [1.29, 1.82) is 0 Å². The van der Waals surface area contributed by atoms with Gasteiger partial charge in [-0.3, -0.25) is 14.4 Å². The average Bonchev–Trinajstić information content (AvgIpc) is 2.77. The van der Waals surface area contributed by atoms with Crippen LogP contribution >= 0.6 is 11.6 Å². The summed E-state index contributed by atoms with van der Waals surface area (Å²) in [6, 6.07) is 12.2. The van der Waals surface area contributed by atoms with E-state index in [1.807, 2.05) is 6.92 Å². The van der Waals surface area contributed by atoms with Crippen molar-refractivity contribution in [3.8, 4) is 5.75 Å². The number of amides is 1. The Morgan fingerprint density at radius 3 is 2.38 bits per heavy atom. The number of aryl methyl sites for hydroxylation is 1. The van der Waals surface area contributed by atoms with Crippen LogP contribution < -0.4 is 10.1 Å². The zero-order valence-electron chi connectivity index (χ0n) is 18.1. The van der Waals surface area contributed by atoms with Gasteiger partial charge in [0.25, 0.3) is 5.91 Å². The van der Waals surface area contributed by atoms with E-state index in [9.17, 15) is 14.4 Å². The van der Waals surface area contributed by atoms with Gasteiger partial charge in [0.15, 0.2) is 5.78 Å². The summed E-state index contributed by atoms with van der Waals surface area (Å²) < 4.78 is 5.94. The van der Waals surface area contributed by atoms with Crippen LogP contribution in [0.3, 0.4) is 0 Å². The molecule has 1 aliphatic rings. The van der Waals surface area contributed by atoms with Crippen LogP contribution in [0.2, 0.25) is 5.02 Å². The van der Waals surface area contributed by atoms with Gasteiger partial charge in [0.2, 0.25) is 0 Å². The monoisotopic (exact) mass is 457 g/mol. The number of carboxylic acids is 1. The molecule has 2 aromatic rings. The van der Waals surface area contributed by atoms with Crippen molar-refractivity contribution in [3.05, 3.63) is 64.2 Å². The van der Waals surface area contributed by atoms with E-state index in [4.69, 9.17) is 21.4 Å². The standard InChI is InChI=1S/C25H28ClNO5/c1-16-15-19(26)8-13-22(16)24(29)27-14-2-3-23(28)17-4-9-20(10-5-17)32-21-11-6-18(7-12-21)25(30)31/h4-5,8-10,13,15,18,21H,2-3,6-7,11-12,14H2,1H3,(H,27,29)(H,30,31). The predicted molar refractivity (Wildman–Crippen MR) is 123 cm³/mol. The lowest BCUT2D eigenvalue weighted by Gasteiger charge is -2.26. The minimum Gasteiger partial charge on any atom is -0.490 e. The van der Waals surface area contributed by atoms with Gasteiger partial charge in [-0.15, -0.1) is 0 Å². The Morgan fingerprint density at radius 1 is 1.06 bits per heavy atom. The Hall–Kier alpha value is -2.86. The summed E-state index contributed by atoms with van der Waals surface area (Å²) in [5, 5.41) is 12.5. The number of halogens is 1. The molecule has 0 atom stereocenters. The topological polar surface area (TPSA) is 92.7 Å². The van der Waals surface area contributed by atoms with Crippen molar-refractivity contribution in [2.75, 3.05) is 6.54 Å². The maximum atomic E-state index is 12.4. The van der Waals surface area contributed by atoms with Gasteiger partial charge in [0.1, 0.15) is 5.75 Å². The average molecular weight is 458 g/mol. The molecule has 1 fully saturated rings. The summed E-state index contributed by atoms with van der Waals surface area (Å²) >= 11 is 5.92. The lowest BCUT2D eigenvalue weighted by atomic mass is 9.87. The third-order valence-electron chi connectivity index (χ3n) is 5.80. The molecular weight excluding hydrogens is 430 g/mol. The Bertz CT molecular complexity index is 965. The highest BCUT2D eigenvalue weighted by Gasteiger charge is 2.26. The summed E-state index contributed by atoms with van der Waals surface area (Å²) in [5.74, 6) is -0.479. The van der Waals surface area contributed by atoms with Crippen molar-refractivity contribution in [3.63, 3.8) is 0 Å². The van der Waals surface area contributed by atoms with Crippen molar-refractivity contribution in [2.45, 2.75) is 51.6 Å². The van der Waals surface area contributed by atoms with Gasteiger partial charge in [-0.25, -0.2) is 0 Å². The fourth-order valence-electron chi connectivity index (χ4n) is 3.91. The number of benzene rings is 2. The lowest BCUT2D eigenvalue weighted by Crippen LogP contribution is -2.27. The first-order valence-electron chi connectivity index (χ1n) is 10.9. The lowest BCUT2D eigenvalue weighted by molar-refractivity contribution is -0.143. The van der Waals surface area contributed by atoms with E-state index in [0.29, 0.717) is 54.1 Å². The zero-order chi connectivity index (χ0) is 23.1. The van der Waals surface area contributed by atoms with Gasteiger partial charge in [-0.2, -0.15) is 0 Å². The van der Waals surface area contributed by atoms with E-state index in [1.165, 1.54) is 0 Å². The van der Waals surface area contributed by atoms with Crippen LogP contribution in [-0.2, 0) is 4.79 Å². The minimum absolute atomic E-state index is 0.00967. The first-order valence-corrected chi connectivity index (χ1v) is 11.3. The molecule has 0 spiro atoms. The minimum atomic E-state index is -0.731.